The third-order valence-corrected chi connectivity index (χ3v) is 2.74. The lowest BCUT2D eigenvalue weighted by Gasteiger charge is -2.18. The van der Waals surface area contributed by atoms with Crippen molar-refractivity contribution in [3.63, 3.8) is 0 Å². The average molecular weight is 219 g/mol. The molecule has 1 heterocycles. The van der Waals surface area contributed by atoms with Crippen LogP contribution < -0.4 is 0 Å². The summed E-state index contributed by atoms with van der Waals surface area (Å²) in [4.78, 5) is 13.9. The molecule has 1 fully saturated rings. The van der Waals surface area contributed by atoms with E-state index in [2.05, 4.69) is 0 Å². The lowest BCUT2D eigenvalue weighted by Crippen LogP contribution is -2.26. The quantitative estimate of drug-likeness (QED) is 0.675. The molecule has 16 heavy (non-hydrogen) atoms. The van der Waals surface area contributed by atoms with Crippen LogP contribution in [-0.2, 0) is 0 Å². The molecule has 2 rings (SSSR count). The number of rotatable bonds is 1. The molecule has 1 aliphatic heterocycles. The lowest BCUT2D eigenvalue weighted by atomic mass is 10.1. The van der Waals surface area contributed by atoms with Gasteiger partial charge in [0.1, 0.15) is 5.82 Å². The molecule has 4 nitrogen and oxygen atoms in total. The topological polar surface area (TPSA) is 47.3 Å². The monoisotopic (exact) mass is 219 g/mol. The van der Waals surface area contributed by atoms with Crippen LogP contribution in [0.1, 0.15) is 11.6 Å². The molecule has 82 valence electrons. The van der Waals surface area contributed by atoms with Gasteiger partial charge in [0.2, 0.25) is 0 Å². The zero-order valence-corrected chi connectivity index (χ0v) is 8.72. The fourth-order valence-corrected chi connectivity index (χ4v) is 1.83. The van der Waals surface area contributed by atoms with Crippen molar-refractivity contribution in [3.8, 4) is 6.19 Å². The number of likely N-dealkylation sites (N-methyl/N-ethyl adjacent to an activating group) is 1. The van der Waals surface area contributed by atoms with Crippen LogP contribution in [0.5, 0.6) is 0 Å². The molecule has 0 N–H and O–H groups in total. The number of benzene rings is 1. The van der Waals surface area contributed by atoms with Crippen LogP contribution in [0.2, 0.25) is 0 Å². The minimum Gasteiger partial charge on any atom is -0.318 e. The largest absolute Gasteiger partial charge is 0.333 e. The predicted octanol–water partition coefficient (Wildman–Crippen LogP) is 1.72. The summed E-state index contributed by atoms with van der Waals surface area (Å²) in [5, 5.41) is 8.72. The van der Waals surface area contributed by atoms with Crippen LogP contribution in [0.4, 0.5) is 9.18 Å². The van der Waals surface area contributed by atoms with E-state index in [4.69, 9.17) is 5.26 Å². The van der Waals surface area contributed by atoms with Gasteiger partial charge < -0.3 is 4.90 Å². The number of urea groups is 1. The molecule has 0 bridgehead atoms. The Morgan fingerprint density at radius 2 is 2.19 bits per heavy atom. The van der Waals surface area contributed by atoms with Gasteiger partial charge in [-0.05, 0) is 6.07 Å². The van der Waals surface area contributed by atoms with Crippen molar-refractivity contribution in [1.82, 2.24) is 9.80 Å². The molecule has 1 unspecified atom stereocenters. The fourth-order valence-electron chi connectivity index (χ4n) is 1.83. The van der Waals surface area contributed by atoms with E-state index in [-0.39, 0.29) is 12.4 Å². The smallest absolute Gasteiger partial charge is 0.318 e. The maximum absolute atomic E-state index is 13.5. The van der Waals surface area contributed by atoms with Gasteiger partial charge >= 0.3 is 6.03 Å². The van der Waals surface area contributed by atoms with Crippen molar-refractivity contribution in [2.45, 2.75) is 6.04 Å². The van der Waals surface area contributed by atoms with E-state index in [0.29, 0.717) is 5.56 Å². The minimum atomic E-state index is -0.395. The predicted molar refractivity (Wildman–Crippen MR) is 54.6 cm³/mol. The second-order valence-corrected chi connectivity index (χ2v) is 3.64. The Morgan fingerprint density at radius 3 is 2.75 bits per heavy atom. The highest BCUT2D eigenvalue weighted by atomic mass is 19.1. The summed E-state index contributed by atoms with van der Waals surface area (Å²) >= 11 is 0. The molecule has 1 aromatic rings. The minimum absolute atomic E-state index is 0.201. The Bertz CT molecular complexity index is 469. The van der Waals surface area contributed by atoms with Gasteiger partial charge in [0.25, 0.3) is 0 Å². The SMILES string of the molecule is CN1C(=O)N(C#N)CC1c1ccccc1F. The molecule has 1 aromatic carbocycles. The first-order valence-corrected chi connectivity index (χ1v) is 4.83. The van der Waals surface area contributed by atoms with Gasteiger partial charge in [0.05, 0.1) is 12.6 Å². The van der Waals surface area contributed by atoms with Crippen molar-refractivity contribution in [3.05, 3.63) is 35.6 Å². The van der Waals surface area contributed by atoms with Crippen LogP contribution in [0.25, 0.3) is 0 Å². The number of halogens is 1. The molecule has 0 aliphatic carbocycles. The lowest BCUT2D eigenvalue weighted by molar-refractivity contribution is 0.205. The molecule has 5 heteroatoms. The number of hydrogen-bond acceptors (Lipinski definition) is 2. The highest BCUT2D eigenvalue weighted by Gasteiger charge is 2.36. The van der Waals surface area contributed by atoms with E-state index < -0.39 is 12.1 Å². The molecule has 2 amide bonds. The first kappa shape index (κ1) is 10.4. The molecule has 0 aromatic heterocycles. The van der Waals surface area contributed by atoms with Crippen molar-refractivity contribution in [2.24, 2.45) is 0 Å². The molecule has 1 atom stereocenters. The Hall–Kier alpha value is -2.09. The van der Waals surface area contributed by atoms with Crippen LogP contribution in [0, 0.1) is 17.3 Å². The normalized spacial score (nSPS) is 20.1. The highest BCUT2D eigenvalue weighted by Crippen LogP contribution is 2.28. The summed E-state index contributed by atoms with van der Waals surface area (Å²) in [7, 11) is 1.57. The van der Waals surface area contributed by atoms with E-state index in [9.17, 15) is 9.18 Å². The zero-order chi connectivity index (χ0) is 11.7. The van der Waals surface area contributed by atoms with E-state index >= 15 is 0 Å². The summed E-state index contributed by atoms with van der Waals surface area (Å²) in [5.41, 5.74) is 0.441. The number of carbonyl (C=O) groups excluding carboxylic acids is 1. The van der Waals surface area contributed by atoms with Gasteiger partial charge in [-0.15, -0.1) is 0 Å². The Morgan fingerprint density at radius 1 is 1.50 bits per heavy atom. The first-order chi connectivity index (χ1) is 7.65. The van der Waals surface area contributed by atoms with Crippen LogP contribution in [-0.4, -0.2) is 29.4 Å². The standard InChI is InChI=1S/C11H10FN3O/c1-14-10(6-15(7-13)11(14)16)8-4-2-3-5-9(8)12/h2-5,10H,6H2,1H3. The number of carbonyl (C=O) groups is 1. The summed E-state index contributed by atoms with van der Waals surface area (Å²) in [6.45, 7) is 0.201. The Kier molecular flexibility index (Phi) is 2.49. The van der Waals surface area contributed by atoms with Crippen molar-refractivity contribution < 1.29 is 9.18 Å². The molecule has 1 saturated heterocycles. The van der Waals surface area contributed by atoms with Gasteiger partial charge in [-0.25, -0.2) is 14.1 Å². The van der Waals surface area contributed by atoms with Crippen molar-refractivity contribution in [1.29, 1.82) is 5.26 Å². The summed E-state index contributed by atoms with van der Waals surface area (Å²) in [5.74, 6) is -0.355. The van der Waals surface area contributed by atoms with Gasteiger partial charge in [-0.1, -0.05) is 18.2 Å². The molecule has 0 spiro atoms. The average Bonchev–Trinajstić information content (AvgIpc) is 2.57. The Labute approximate surface area is 92.5 Å². The fraction of sp³-hybridized carbons (Fsp3) is 0.273. The number of nitriles is 1. The first-order valence-electron chi connectivity index (χ1n) is 4.83. The second kappa shape index (κ2) is 3.81. The van der Waals surface area contributed by atoms with Crippen molar-refractivity contribution >= 4 is 6.03 Å². The van der Waals surface area contributed by atoms with Gasteiger partial charge in [0, 0.05) is 12.6 Å². The molecule has 0 radical (unpaired) electrons. The highest BCUT2D eigenvalue weighted by molar-refractivity contribution is 5.78. The van der Waals surface area contributed by atoms with E-state index in [0.717, 1.165) is 4.90 Å². The van der Waals surface area contributed by atoms with Gasteiger partial charge in [-0.3, -0.25) is 0 Å². The third-order valence-electron chi connectivity index (χ3n) is 2.74. The summed E-state index contributed by atoms with van der Waals surface area (Å²) < 4.78 is 13.5. The molecule has 1 aliphatic rings. The van der Waals surface area contributed by atoms with Gasteiger partial charge in [0.15, 0.2) is 6.19 Å². The molecular formula is C11H10FN3O. The van der Waals surface area contributed by atoms with Crippen molar-refractivity contribution in [2.75, 3.05) is 13.6 Å². The van der Waals surface area contributed by atoms with E-state index in [1.807, 2.05) is 0 Å². The molecular weight excluding hydrogens is 209 g/mol. The Balaban J connectivity index is 2.35. The third kappa shape index (κ3) is 1.48. The van der Waals surface area contributed by atoms with Crippen LogP contribution in [0.3, 0.4) is 0 Å². The van der Waals surface area contributed by atoms with Gasteiger partial charge in [-0.2, -0.15) is 5.26 Å². The molecule has 0 saturated carbocycles. The number of nitrogens with zero attached hydrogens (tertiary/aromatic N) is 3. The summed E-state index contributed by atoms with van der Waals surface area (Å²) in [6, 6.07) is 5.50. The number of hydrogen-bond donors (Lipinski definition) is 0. The number of amides is 2. The second-order valence-electron chi connectivity index (χ2n) is 3.64. The van der Waals surface area contributed by atoms with E-state index in [1.165, 1.54) is 11.0 Å². The maximum atomic E-state index is 13.5. The summed E-state index contributed by atoms with van der Waals surface area (Å²) in [6.07, 6.45) is 1.78. The zero-order valence-electron chi connectivity index (χ0n) is 8.72. The maximum Gasteiger partial charge on any atom is 0.333 e. The van der Waals surface area contributed by atoms with E-state index in [1.54, 1.807) is 31.4 Å². The van der Waals surface area contributed by atoms with Crippen LogP contribution >= 0.6 is 0 Å². The van der Waals surface area contributed by atoms with Crippen LogP contribution in [0.15, 0.2) is 24.3 Å².